The van der Waals surface area contributed by atoms with Crippen LogP contribution < -0.4 is 15.1 Å². The zero-order chi connectivity index (χ0) is 22.0. The average Bonchev–Trinajstić information content (AvgIpc) is 2.78. The first-order valence-corrected chi connectivity index (χ1v) is 10.4. The standard InChI is InChI=1S/C22H18ClN3O4S/c23-15-3-7-17(8-4-15)26-21(29)18(20(28)24-22(26)31)13-19(27)14-1-5-16(6-2-14)25-9-11-30-12-10-25/h1-8,13H,9-12H2,(H,24,28,31). The van der Waals surface area contributed by atoms with Gasteiger partial charge in [0, 0.05) is 35.4 Å². The van der Waals surface area contributed by atoms with E-state index < -0.39 is 17.6 Å². The Morgan fingerprint density at radius 3 is 2.26 bits per heavy atom. The summed E-state index contributed by atoms with van der Waals surface area (Å²) in [7, 11) is 0. The predicted molar refractivity (Wildman–Crippen MR) is 122 cm³/mol. The van der Waals surface area contributed by atoms with E-state index in [-0.39, 0.29) is 10.7 Å². The van der Waals surface area contributed by atoms with Gasteiger partial charge in [0.15, 0.2) is 10.9 Å². The molecule has 158 valence electrons. The monoisotopic (exact) mass is 455 g/mol. The zero-order valence-corrected chi connectivity index (χ0v) is 17.9. The molecule has 2 aliphatic rings. The molecular formula is C22H18ClN3O4S. The van der Waals surface area contributed by atoms with E-state index in [9.17, 15) is 14.4 Å². The number of rotatable bonds is 4. The van der Waals surface area contributed by atoms with Gasteiger partial charge in [0.2, 0.25) is 0 Å². The Morgan fingerprint density at radius 1 is 1.00 bits per heavy atom. The number of thiocarbonyl (C=S) groups is 1. The first-order valence-electron chi connectivity index (χ1n) is 9.58. The summed E-state index contributed by atoms with van der Waals surface area (Å²) in [6.45, 7) is 2.89. The molecule has 0 bridgehead atoms. The Bertz CT molecular complexity index is 1080. The Kier molecular flexibility index (Phi) is 6.13. The molecule has 1 N–H and O–H groups in total. The number of ether oxygens (including phenoxy) is 1. The van der Waals surface area contributed by atoms with Crippen LogP contribution in [0.25, 0.3) is 0 Å². The number of nitrogens with zero attached hydrogens (tertiary/aromatic N) is 2. The van der Waals surface area contributed by atoms with Gasteiger partial charge in [-0.2, -0.15) is 0 Å². The lowest BCUT2D eigenvalue weighted by molar-refractivity contribution is -0.122. The lowest BCUT2D eigenvalue weighted by Crippen LogP contribution is -2.54. The molecule has 7 nitrogen and oxygen atoms in total. The van der Waals surface area contributed by atoms with Gasteiger partial charge in [-0.1, -0.05) is 11.6 Å². The van der Waals surface area contributed by atoms with Crippen molar-refractivity contribution in [1.29, 1.82) is 0 Å². The quantitative estimate of drug-likeness (QED) is 0.330. The number of hydrogen-bond donors (Lipinski definition) is 1. The third kappa shape index (κ3) is 4.51. The normalized spacial score (nSPS) is 18.4. The van der Waals surface area contributed by atoms with Gasteiger partial charge in [0.1, 0.15) is 5.57 Å². The van der Waals surface area contributed by atoms with Crippen LogP contribution in [0.5, 0.6) is 0 Å². The van der Waals surface area contributed by atoms with Crippen molar-refractivity contribution in [1.82, 2.24) is 5.32 Å². The summed E-state index contributed by atoms with van der Waals surface area (Å²) < 4.78 is 5.35. The highest BCUT2D eigenvalue weighted by Gasteiger charge is 2.35. The van der Waals surface area contributed by atoms with E-state index in [1.54, 1.807) is 36.4 Å². The van der Waals surface area contributed by atoms with Crippen molar-refractivity contribution in [2.75, 3.05) is 36.1 Å². The number of carbonyl (C=O) groups is 3. The van der Waals surface area contributed by atoms with E-state index in [4.69, 9.17) is 28.6 Å². The van der Waals surface area contributed by atoms with Gasteiger partial charge < -0.3 is 9.64 Å². The van der Waals surface area contributed by atoms with Crippen LogP contribution in [0.3, 0.4) is 0 Å². The van der Waals surface area contributed by atoms with E-state index in [1.807, 2.05) is 12.1 Å². The molecular weight excluding hydrogens is 438 g/mol. The zero-order valence-electron chi connectivity index (χ0n) is 16.3. The minimum Gasteiger partial charge on any atom is -0.378 e. The predicted octanol–water partition coefficient (Wildman–Crippen LogP) is 2.73. The molecule has 4 rings (SSSR count). The number of amides is 2. The highest BCUT2D eigenvalue weighted by molar-refractivity contribution is 7.80. The van der Waals surface area contributed by atoms with Crippen molar-refractivity contribution >= 4 is 57.9 Å². The maximum atomic E-state index is 13.0. The first-order chi connectivity index (χ1) is 14.9. The second kappa shape index (κ2) is 8.97. The van der Waals surface area contributed by atoms with Gasteiger partial charge in [-0.25, -0.2) is 0 Å². The van der Waals surface area contributed by atoms with Crippen molar-refractivity contribution in [2.45, 2.75) is 0 Å². The number of hydrogen-bond acceptors (Lipinski definition) is 6. The van der Waals surface area contributed by atoms with E-state index in [2.05, 4.69) is 10.2 Å². The van der Waals surface area contributed by atoms with E-state index in [0.29, 0.717) is 29.5 Å². The van der Waals surface area contributed by atoms with Gasteiger partial charge >= 0.3 is 0 Å². The van der Waals surface area contributed by atoms with Gasteiger partial charge in [-0.15, -0.1) is 0 Å². The van der Waals surface area contributed by atoms with E-state index >= 15 is 0 Å². The number of benzene rings is 2. The maximum Gasteiger partial charge on any atom is 0.270 e. The molecule has 2 aromatic carbocycles. The largest absolute Gasteiger partial charge is 0.378 e. The van der Waals surface area contributed by atoms with Gasteiger partial charge in [-0.3, -0.25) is 24.6 Å². The number of carbonyl (C=O) groups excluding carboxylic acids is 3. The molecule has 0 spiro atoms. The average molecular weight is 456 g/mol. The summed E-state index contributed by atoms with van der Waals surface area (Å²) in [4.78, 5) is 41.4. The maximum absolute atomic E-state index is 13.0. The highest BCUT2D eigenvalue weighted by Crippen LogP contribution is 2.23. The molecule has 9 heteroatoms. The Labute approximate surface area is 189 Å². The molecule has 0 aromatic heterocycles. The molecule has 2 amide bonds. The summed E-state index contributed by atoms with van der Waals surface area (Å²) in [5, 5.41) is 2.89. The van der Waals surface area contributed by atoms with Crippen LogP contribution in [-0.4, -0.2) is 49.0 Å². The fraction of sp³-hybridized carbons (Fsp3) is 0.182. The molecule has 2 aliphatic heterocycles. The summed E-state index contributed by atoms with van der Waals surface area (Å²) in [5.74, 6) is -1.83. The van der Waals surface area contributed by atoms with Crippen LogP contribution in [0.1, 0.15) is 10.4 Å². The minimum atomic E-state index is -0.710. The topological polar surface area (TPSA) is 79.0 Å². The van der Waals surface area contributed by atoms with Crippen LogP contribution in [0, 0.1) is 0 Å². The smallest absolute Gasteiger partial charge is 0.270 e. The third-order valence-corrected chi connectivity index (χ3v) is 5.53. The fourth-order valence-electron chi connectivity index (χ4n) is 3.35. The number of anilines is 2. The Morgan fingerprint density at radius 2 is 1.61 bits per heavy atom. The number of morpholine rings is 1. The summed E-state index contributed by atoms with van der Waals surface area (Å²) >= 11 is 11.0. The lowest BCUT2D eigenvalue weighted by Gasteiger charge is -2.29. The van der Waals surface area contributed by atoms with Crippen LogP contribution >= 0.6 is 23.8 Å². The number of nitrogens with one attached hydrogen (secondary N) is 1. The summed E-state index contributed by atoms with van der Waals surface area (Å²) in [6, 6.07) is 13.5. The molecule has 0 saturated carbocycles. The van der Waals surface area contributed by atoms with Crippen LogP contribution in [0.15, 0.2) is 60.2 Å². The summed E-state index contributed by atoms with van der Waals surface area (Å²) in [6.07, 6.45) is 1.05. The second-order valence-corrected chi connectivity index (χ2v) is 7.77. The molecule has 0 radical (unpaired) electrons. The number of ketones is 1. The number of allylic oxidation sites excluding steroid dienone is 1. The van der Waals surface area contributed by atoms with Gasteiger partial charge in [-0.05, 0) is 60.7 Å². The molecule has 2 saturated heterocycles. The lowest BCUT2D eigenvalue weighted by atomic mass is 10.0. The SMILES string of the molecule is O=C1NC(=S)N(c2ccc(Cl)cc2)C(=O)C1=CC(=O)c1ccc(N2CCOCC2)cc1. The molecule has 2 aromatic rings. The molecule has 0 unspecified atom stereocenters. The fourth-order valence-corrected chi connectivity index (χ4v) is 3.76. The number of halogens is 1. The highest BCUT2D eigenvalue weighted by atomic mass is 35.5. The van der Waals surface area contributed by atoms with Crippen LogP contribution in [-0.2, 0) is 14.3 Å². The molecule has 0 aliphatic carbocycles. The van der Waals surface area contributed by atoms with Crippen molar-refractivity contribution < 1.29 is 19.1 Å². The molecule has 2 fully saturated rings. The molecule has 2 heterocycles. The van der Waals surface area contributed by atoms with E-state index in [0.717, 1.165) is 29.8 Å². The molecule has 0 atom stereocenters. The van der Waals surface area contributed by atoms with E-state index in [1.165, 1.54) is 0 Å². The van der Waals surface area contributed by atoms with Crippen molar-refractivity contribution in [3.8, 4) is 0 Å². The van der Waals surface area contributed by atoms with Gasteiger partial charge in [0.05, 0.1) is 18.9 Å². The van der Waals surface area contributed by atoms with Crippen LogP contribution in [0.2, 0.25) is 5.02 Å². The van der Waals surface area contributed by atoms with Gasteiger partial charge in [0.25, 0.3) is 11.8 Å². The Balaban J connectivity index is 1.56. The first kappa shape index (κ1) is 21.2. The third-order valence-electron chi connectivity index (χ3n) is 4.99. The Hall–Kier alpha value is -3.07. The molecule has 31 heavy (non-hydrogen) atoms. The van der Waals surface area contributed by atoms with Crippen molar-refractivity contribution in [3.63, 3.8) is 0 Å². The van der Waals surface area contributed by atoms with Crippen molar-refractivity contribution in [3.05, 3.63) is 70.8 Å². The second-order valence-electron chi connectivity index (χ2n) is 6.94. The minimum absolute atomic E-state index is 0.0585. The van der Waals surface area contributed by atoms with Crippen molar-refractivity contribution in [2.24, 2.45) is 0 Å². The summed E-state index contributed by atoms with van der Waals surface area (Å²) in [5.41, 5.74) is 1.51. The van der Waals surface area contributed by atoms with Crippen LogP contribution in [0.4, 0.5) is 11.4 Å².